The van der Waals surface area contributed by atoms with Crippen LogP contribution in [0, 0.1) is 0 Å². The Labute approximate surface area is 349 Å². The molecule has 0 bridgehead atoms. The van der Waals surface area contributed by atoms with Gasteiger partial charge >= 0.3 is 0 Å². The third-order valence-electron chi connectivity index (χ3n) is 11.8. The molecule has 0 unspecified atom stereocenters. The van der Waals surface area contributed by atoms with Crippen LogP contribution in [0.4, 0.5) is 0 Å². The van der Waals surface area contributed by atoms with Gasteiger partial charge < -0.3 is 19.7 Å². The molecule has 0 fully saturated rings. The summed E-state index contributed by atoms with van der Waals surface area (Å²) in [7, 11) is 0. The second-order valence-corrected chi connectivity index (χ2v) is 17.3. The minimum atomic E-state index is -0.745. The van der Waals surface area contributed by atoms with Crippen molar-refractivity contribution >= 4 is 64.4 Å². The lowest BCUT2D eigenvalue weighted by molar-refractivity contribution is 0.201. The smallest absolute Gasteiger partial charge is 0.120 e. The quantitative estimate of drug-likeness (QED) is 0.145. The molecule has 0 atom stereocenters. The summed E-state index contributed by atoms with van der Waals surface area (Å²) >= 11 is 3.70. The molecule has 0 spiro atoms. The summed E-state index contributed by atoms with van der Waals surface area (Å²) in [5, 5.41) is 25.8. The Morgan fingerprint density at radius 2 is 0.814 bits per heavy atom. The van der Waals surface area contributed by atoms with Crippen molar-refractivity contribution in [1.29, 1.82) is 0 Å². The summed E-state index contributed by atoms with van der Waals surface area (Å²) in [4.78, 5) is 2.48. The minimum absolute atomic E-state index is 0.0364. The van der Waals surface area contributed by atoms with Gasteiger partial charge in [0.05, 0.1) is 18.6 Å². The van der Waals surface area contributed by atoms with Crippen LogP contribution in [0.3, 0.4) is 0 Å². The first-order valence-electron chi connectivity index (χ1n) is 19.9. The number of fused-ring (bicyclic) bond motifs is 7. The van der Waals surface area contributed by atoms with Crippen LogP contribution in [0.25, 0.3) is 73.7 Å². The molecule has 286 valence electrons. The largest absolute Gasteiger partial charge is 0.491 e. The van der Waals surface area contributed by atoms with Crippen molar-refractivity contribution in [3.8, 4) is 43.5 Å². The summed E-state index contributed by atoms with van der Waals surface area (Å²) in [5.74, 6) is 1.48. The van der Waals surface area contributed by atoms with Gasteiger partial charge in [0.15, 0.2) is 0 Å². The van der Waals surface area contributed by atoms with Gasteiger partial charge in [0.2, 0.25) is 0 Å². The SMILES string of the molecule is OCCOc1ccc2cc(C3(c4ccc5cc(OCCO)ccc5c4)c4c(-c5cc6ccccc6s5)cccc4-c4cccc(-c5cc6ccccc6s5)c43)ccc2c1. The Kier molecular flexibility index (Phi) is 8.82. The fraction of sp³-hybridized carbons (Fsp3) is 0.0943. The maximum absolute atomic E-state index is 9.46. The summed E-state index contributed by atoms with van der Waals surface area (Å²) in [5.41, 5.74) is 9.09. The highest BCUT2D eigenvalue weighted by atomic mass is 32.1. The van der Waals surface area contributed by atoms with Gasteiger partial charge in [0, 0.05) is 19.2 Å². The van der Waals surface area contributed by atoms with Gasteiger partial charge in [0.1, 0.15) is 24.7 Å². The molecule has 0 saturated carbocycles. The van der Waals surface area contributed by atoms with Crippen LogP contribution >= 0.6 is 22.7 Å². The monoisotopic (exact) mass is 802 g/mol. The van der Waals surface area contributed by atoms with E-state index in [9.17, 15) is 10.2 Å². The number of hydrogen-bond donors (Lipinski definition) is 2. The fourth-order valence-electron chi connectivity index (χ4n) is 9.29. The van der Waals surface area contributed by atoms with Gasteiger partial charge in [-0.2, -0.15) is 0 Å². The summed E-state index contributed by atoms with van der Waals surface area (Å²) in [6, 6.07) is 62.1. The molecule has 2 N–H and O–H groups in total. The van der Waals surface area contributed by atoms with Crippen molar-refractivity contribution in [2.45, 2.75) is 5.41 Å². The highest BCUT2D eigenvalue weighted by Crippen LogP contribution is 2.62. The molecule has 0 amide bonds. The van der Waals surface area contributed by atoms with E-state index in [1.165, 1.54) is 74.4 Å². The lowest BCUT2D eigenvalue weighted by Crippen LogP contribution is -2.30. The summed E-state index contributed by atoms with van der Waals surface area (Å²) < 4.78 is 14.2. The van der Waals surface area contributed by atoms with E-state index in [1.807, 2.05) is 34.8 Å². The zero-order valence-electron chi connectivity index (χ0n) is 32.0. The van der Waals surface area contributed by atoms with Crippen LogP contribution in [0.5, 0.6) is 11.5 Å². The Balaban J connectivity index is 1.26. The van der Waals surface area contributed by atoms with E-state index in [2.05, 4.69) is 158 Å². The number of aliphatic hydroxyl groups excluding tert-OH is 2. The number of aliphatic hydroxyl groups is 2. The van der Waals surface area contributed by atoms with E-state index in [0.29, 0.717) is 0 Å². The molecular formula is C53H38O4S2. The van der Waals surface area contributed by atoms with Gasteiger partial charge in [-0.1, -0.05) is 109 Å². The highest BCUT2D eigenvalue weighted by molar-refractivity contribution is 7.22. The van der Waals surface area contributed by atoms with Crippen LogP contribution < -0.4 is 9.47 Å². The van der Waals surface area contributed by atoms with Gasteiger partial charge in [0.25, 0.3) is 0 Å². The van der Waals surface area contributed by atoms with Crippen LogP contribution in [0.15, 0.2) is 170 Å². The molecule has 8 aromatic carbocycles. The van der Waals surface area contributed by atoms with Gasteiger partial charge in [-0.3, -0.25) is 0 Å². The van der Waals surface area contributed by atoms with Crippen LogP contribution in [-0.4, -0.2) is 36.6 Å². The van der Waals surface area contributed by atoms with Crippen molar-refractivity contribution < 1.29 is 19.7 Å². The van der Waals surface area contributed by atoms with Crippen molar-refractivity contribution in [3.05, 3.63) is 192 Å². The number of hydrogen-bond acceptors (Lipinski definition) is 6. The number of rotatable bonds is 10. The Bertz CT molecular complexity index is 2950. The number of thiophene rings is 2. The van der Waals surface area contributed by atoms with Gasteiger partial charge in [-0.05, 0) is 137 Å². The maximum atomic E-state index is 9.46. The standard InChI is InChI=1S/C53H38O4S2/c54-23-25-56-41-21-17-33-27-39(19-15-35(33)29-41)53(40-20-16-36-30-42(57-26-24-55)22-18-34(36)28-40)51-43(9-5-11-45(51)49-31-37-7-1-3-13-47(37)58-49)44-10-6-12-46(52(44)53)50-32-38-8-2-4-14-48(38)59-50/h1-22,27-32,54-55H,23-26H2. The highest BCUT2D eigenvalue weighted by Gasteiger charge is 2.49. The third-order valence-corrected chi connectivity index (χ3v) is 14.1. The maximum Gasteiger partial charge on any atom is 0.120 e. The van der Waals surface area contributed by atoms with E-state index >= 15 is 0 Å². The first-order valence-corrected chi connectivity index (χ1v) is 21.6. The van der Waals surface area contributed by atoms with Gasteiger partial charge in [-0.15, -0.1) is 22.7 Å². The molecule has 59 heavy (non-hydrogen) atoms. The van der Waals surface area contributed by atoms with Gasteiger partial charge in [-0.25, -0.2) is 0 Å². The second-order valence-electron chi connectivity index (χ2n) is 15.1. The molecule has 1 aliphatic carbocycles. The first kappa shape index (κ1) is 35.8. The zero-order valence-corrected chi connectivity index (χ0v) is 33.7. The molecule has 2 heterocycles. The molecule has 6 heteroatoms. The normalized spacial score (nSPS) is 13.0. The lowest BCUT2D eigenvalue weighted by Gasteiger charge is -2.36. The molecule has 0 radical (unpaired) electrons. The van der Waals surface area contributed by atoms with Crippen LogP contribution in [0.1, 0.15) is 22.3 Å². The third kappa shape index (κ3) is 5.86. The van der Waals surface area contributed by atoms with Crippen molar-refractivity contribution in [2.75, 3.05) is 26.4 Å². The minimum Gasteiger partial charge on any atom is -0.491 e. The van der Waals surface area contributed by atoms with Crippen molar-refractivity contribution in [3.63, 3.8) is 0 Å². The average molecular weight is 803 g/mol. The Morgan fingerprint density at radius 1 is 0.390 bits per heavy atom. The lowest BCUT2D eigenvalue weighted by atomic mass is 9.65. The van der Waals surface area contributed by atoms with Crippen molar-refractivity contribution in [1.82, 2.24) is 0 Å². The summed E-state index contributed by atoms with van der Waals surface area (Å²) in [6.07, 6.45) is 0. The van der Waals surface area contributed by atoms with E-state index in [1.54, 1.807) is 0 Å². The molecule has 4 nitrogen and oxygen atoms in total. The van der Waals surface area contributed by atoms with Crippen LogP contribution in [-0.2, 0) is 5.41 Å². The Morgan fingerprint density at radius 3 is 1.27 bits per heavy atom. The second kappa shape index (κ2) is 14.5. The van der Waals surface area contributed by atoms with E-state index < -0.39 is 5.41 Å². The predicted octanol–water partition coefficient (Wildman–Crippen LogP) is 12.9. The Hall–Kier alpha value is -6.28. The average Bonchev–Trinajstić information content (AvgIpc) is 4.00. The first-order chi connectivity index (χ1) is 29.1. The molecule has 0 aliphatic heterocycles. The zero-order chi connectivity index (χ0) is 39.5. The van der Waals surface area contributed by atoms with Crippen LogP contribution in [0.2, 0.25) is 0 Å². The van der Waals surface area contributed by atoms with E-state index in [-0.39, 0.29) is 26.4 Å². The van der Waals surface area contributed by atoms with Crippen molar-refractivity contribution in [2.24, 2.45) is 0 Å². The number of benzene rings is 8. The number of ether oxygens (including phenoxy) is 2. The molecule has 1 aliphatic rings. The molecular weight excluding hydrogens is 765 g/mol. The molecule has 11 rings (SSSR count). The molecule has 0 saturated heterocycles. The fourth-order valence-corrected chi connectivity index (χ4v) is 11.5. The molecule has 10 aromatic rings. The predicted molar refractivity (Wildman–Crippen MR) is 246 cm³/mol. The summed E-state index contributed by atoms with van der Waals surface area (Å²) in [6.45, 7) is 0.424. The molecule has 2 aromatic heterocycles. The topological polar surface area (TPSA) is 58.9 Å². The van der Waals surface area contributed by atoms with E-state index in [4.69, 9.17) is 9.47 Å². The van der Waals surface area contributed by atoms with E-state index in [0.717, 1.165) is 33.0 Å².